The monoisotopic (exact) mass is 248 g/mol. The lowest BCUT2D eigenvalue weighted by atomic mass is 10.0. The predicted molar refractivity (Wildman–Crippen MR) is 61.7 cm³/mol. The van der Waals surface area contributed by atoms with Crippen LogP contribution in [-0.4, -0.2) is 46.5 Å². The molecule has 2 unspecified atom stereocenters. The van der Waals surface area contributed by atoms with E-state index in [0.717, 1.165) is 32.4 Å². The van der Waals surface area contributed by atoms with E-state index < -0.39 is 10.0 Å². The molecular formula is C10H20N2O3S. The molecule has 5 nitrogen and oxygen atoms in total. The number of hydrogen-bond donors (Lipinski definition) is 2. The van der Waals surface area contributed by atoms with Gasteiger partial charge in [-0.05, 0) is 31.7 Å². The molecule has 94 valence electrons. The molecule has 0 spiro atoms. The van der Waals surface area contributed by atoms with Gasteiger partial charge < -0.3 is 10.1 Å². The fourth-order valence-corrected chi connectivity index (χ4v) is 3.68. The SMILES string of the molecule is O=S(=O)(NCC1CCCOC1)C1CCNC1. The molecule has 0 aromatic rings. The van der Waals surface area contributed by atoms with Gasteiger partial charge in [0.25, 0.3) is 0 Å². The van der Waals surface area contributed by atoms with Crippen LogP contribution in [0.3, 0.4) is 0 Å². The molecule has 2 saturated heterocycles. The van der Waals surface area contributed by atoms with E-state index in [2.05, 4.69) is 10.0 Å². The molecule has 0 amide bonds. The molecule has 2 heterocycles. The Balaban J connectivity index is 1.79. The average Bonchev–Trinajstić information content (AvgIpc) is 2.82. The summed E-state index contributed by atoms with van der Waals surface area (Å²) in [5, 5.41) is 2.82. The Bertz CT molecular complexity index is 306. The molecule has 0 aromatic heterocycles. The van der Waals surface area contributed by atoms with Gasteiger partial charge in [0.1, 0.15) is 0 Å². The molecule has 2 aliphatic heterocycles. The fraction of sp³-hybridized carbons (Fsp3) is 1.00. The van der Waals surface area contributed by atoms with Crippen molar-refractivity contribution in [2.75, 3.05) is 32.8 Å². The van der Waals surface area contributed by atoms with Gasteiger partial charge in [0.15, 0.2) is 0 Å². The number of nitrogens with one attached hydrogen (secondary N) is 2. The Hall–Kier alpha value is -0.170. The van der Waals surface area contributed by atoms with Crippen LogP contribution in [0, 0.1) is 5.92 Å². The third-order valence-electron chi connectivity index (χ3n) is 3.28. The molecule has 0 aliphatic carbocycles. The van der Waals surface area contributed by atoms with Crippen LogP contribution in [0.2, 0.25) is 0 Å². The van der Waals surface area contributed by atoms with E-state index in [4.69, 9.17) is 4.74 Å². The van der Waals surface area contributed by atoms with Crippen LogP contribution in [0.4, 0.5) is 0 Å². The normalized spacial score (nSPS) is 31.8. The standard InChI is InChI=1S/C10H20N2O3S/c13-16(14,10-3-4-11-7-10)12-6-9-2-1-5-15-8-9/h9-12H,1-8H2. The highest BCUT2D eigenvalue weighted by molar-refractivity contribution is 7.90. The number of ether oxygens (including phenoxy) is 1. The first-order valence-electron chi connectivity index (χ1n) is 5.95. The Morgan fingerprint density at radius 1 is 1.38 bits per heavy atom. The number of hydrogen-bond acceptors (Lipinski definition) is 4. The molecule has 2 rings (SSSR count). The fourth-order valence-electron chi connectivity index (χ4n) is 2.21. The van der Waals surface area contributed by atoms with Gasteiger partial charge in [-0.1, -0.05) is 0 Å². The summed E-state index contributed by atoms with van der Waals surface area (Å²) in [7, 11) is -3.13. The third kappa shape index (κ3) is 3.16. The van der Waals surface area contributed by atoms with Crippen molar-refractivity contribution in [3.63, 3.8) is 0 Å². The predicted octanol–water partition coefficient (Wildman–Crippen LogP) is -0.306. The zero-order valence-electron chi connectivity index (χ0n) is 9.44. The number of rotatable bonds is 4. The summed E-state index contributed by atoms with van der Waals surface area (Å²) in [6.07, 6.45) is 2.82. The largest absolute Gasteiger partial charge is 0.381 e. The minimum atomic E-state index is -3.13. The molecule has 2 aliphatic rings. The van der Waals surface area contributed by atoms with Crippen molar-refractivity contribution in [3.8, 4) is 0 Å². The molecule has 2 N–H and O–H groups in total. The molecule has 6 heteroatoms. The lowest BCUT2D eigenvalue weighted by molar-refractivity contribution is 0.0567. The Morgan fingerprint density at radius 3 is 2.88 bits per heavy atom. The average molecular weight is 248 g/mol. The van der Waals surface area contributed by atoms with Crippen molar-refractivity contribution < 1.29 is 13.2 Å². The molecule has 0 bridgehead atoms. The van der Waals surface area contributed by atoms with Crippen molar-refractivity contribution in [2.45, 2.75) is 24.5 Å². The van der Waals surface area contributed by atoms with Gasteiger partial charge in [0, 0.05) is 19.7 Å². The minimum Gasteiger partial charge on any atom is -0.381 e. The highest BCUT2D eigenvalue weighted by Gasteiger charge is 2.29. The van der Waals surface area contributed by atoms with E-state index in [9.17, 15) is 8.42 Å². The molecule has 16 heavy (non-hydrogen) atoms. The van der Waals surface area contributed by atoms with Crippen LogP contribution >= 0.6 is 0 Å². The first-order valence-corrected chi connectivity index (χ1v) is 7.50. The zero-order chi connectivity index (χ0) is 11.4. The summed E-state index contributed by atoms with van der Waals surface area (Å²) in [6.45, 7) is 3.41. The highest BCUT2D eigenvalue weighted by atomic mass is 32.2. The Morgan fingerprint density at radius 2 is 2.25 bits per heavy atom. The quantitative estimate of drug-likeness (QED) is 0.716. The van der Waals surface area contributed by atoms with E-state index >= 15 is 0 Å². The smallest absolute Gasteiger partial charge is 0.215 e. The van der Waals surface area contributed by atoms with Gasteiger partial charge in [0.05, 0.1) is 11.9 Å². The molecule has 2 fully saturated rings. The second kappa shape index (κ2) is 5.44. The van der Waals surface area contributed by atoms with Crippen LogP contribution in [0.1, 0.15) is 19.3 Å². The van der Waals surface area contributed by atoms with Gasteiger partial charge in [-0.15, -0.1) is 0 Å². The molecule has 2 atom stereocenters. The van der Waals surface area contributed by atoms with Crippen molar-refractivity contribution in [3.05, 3.63) is 0 Å². The molecule has 0 radical (unpaired) electrons. The van der Waals surface area contributed by atoms with Crippen molar-refractivity contribution in [2.24, 2.45) is 5.92 Å². The summed E-state index contributed by atoms with van der Waals surface area (Å²) in [5.74, 6) is 0.345. The van der Waals surface area contributed by atoms with Crippen molar-refractivity contribution in [1.82, 2.24) is 10.0 Å². The minimum absolute atomic E-state index is 0.253. The van der Waals surface area contributed by atoms with E-state index in [1.807, 2.05) is 0 Å². The van der Waals surface area contributed by atoms with Gasteiger partial charge in [-0.25, -0.2) is 13.1 Å². The van der Waals surface area contributed by atoms with E-state index in [1.54, 1.807) is 0 Å². The van der Waals surface area contributed by atoms with Crippen LogP contribution in [-0.2, 0) is 14.8 Å². The van der Waals surface area contributed by atoms with Crippen LogP contribution in [0.25, 0.3) is 0 Å². The second-order valence-corrected chi connectivity index (χ2v) is 6.64. The van der Waals surface area contributed by atoms with E-state index in [1.165, 1.54) is 0 Å². The summed E-state index contributed by atoms with van der Waals surface area (Å²) in [5.41, 5.74) is 0. The van der Waals surface area contributed by atoms with Crippen molar-refractivity contribution in [1.29, 1.82) is 0 Å². The highest BCUT2D eigenvalue weighted by Crippen LogP contribution is 2.14. The zero-order valence-corrected chi connectivity index (χ0v) is 10.3. The summed E-state index contributed by atoms with van der Waals surface area (Å²) in [4.78, 5) is 0. The van der Waals surface area contributed by atoms with E-state index in [0.29, 0.717) is 25.6 Å². The second-order valence-electron chi connectivity index (χ2n) is 4.59. The maximum Gasteiger partial charge on any atom is 0.215 e. The number of sulfonamides is 1. The summed E-state index contributed by atoms with van der Waals surface area (Å²) < 4.78 is 31.8. The van der Waals surface area contributed by atoms with Gasteiger partial charge in [-0.3, -0.25) is 0 Å². The van der Waals surface area contributed by atoms with Gasteiger partial charge >= 0.3 is 0 Å². The maximum atomic E-state index is 11.9. The third-order valence-corrected chi connectivity index (χ3v) is 5.13. The Kier molecular flexibility index (Phi) is 4.18. The van der Waals surface area contributed by atoms with Crippen molar-refractivity contribution >= 4 is 10.0 Å². The van der Waals surface area contributed by atoms with E-state index in [-0.39, 0.29) is 5.25 Å². The first-order chi connectivity index (χ1) is 7.68. The lowest BCUT2D eigenvalue weighted by Crippen LogP contribution is -2.39. The summed E-state index contributed by atoms with van der Waals surface area (Å²) in [6, 6.07) is 0. The van der Waals surface area contributed by atoms with Crippen LogP contribution < -0.4 is 10.0 Å². The molecular weight excluding hydrogens is 228 g/mol. The van der Waals surface area contributed by atoms with Crippen LogP contribution in [0.15, 0.2) is 0 Å². The van der Waals surface area contributed by atoms with Crippen LogP contribution in [0.5, 0.6) is 0 Å². The maximum absolute atomic E-state index is 11.9. The summed E-state index contributed by atoms with van der Waals surface area (Å²) >= 11 is 0. The first kappa shape index (κ1) is 12.3. The Labute approximate surface area is 97.0 Å². The topological polar surface area (TPSA) is 67.4 Å². The van der Waals surface area contributed by atoms with Gasteiger partial charge in [-0.2, -0.15) is 0 Å². The lowest BCUT2D eigenvalue weighted by Gasteiger charge is -2.23. The molecule has 0 aromatic carbocycles. The molecule has 0 saturated carbocycles. The van der Waals surface area contributed by atoms with Gasteiger partial charge in [0.2, 0.25) is 10.0 Å².